The van der Waals surface area contributed by atoms with Crippen molar-refractivity contribution in [1.82, 2.24) is 10.3 Å². The van der Waals surface area contributed by atoms with E-state index in [1.54, 1.807) is 14.0 Å². The summed E-state index contributed by atoms with van der Waals surface area (Å²) in [5.74, 6) is 0.443. The molecule has 0 aliphatic carbocycles. The first-order valence-electron chi connectivity index (χ1n) is 6.70. The minimum Gasteiger partial charge on any atom is -0.497 e. The lowest BCUT2D eigenvalue weighted by Crippen LogP contribution is -2.30. The summed E-state index contributed by atoms with van der Waals surface area (Å²) in [7, 11) is 1.62. The first-order valence-corrected chi connectivity index (χ1v) is 6.70. The van der Waals surface area contributed by atoms with Crippen molar-refractivity contribution in [1.29, 1.82) is 0 Å². The summed E-state index contributed by atoms with van der Waals surface area (Å²) < 4.78 is 5.08. The molecule has 0 radical (unpaired) electrons. The highest BCUT2D eigenvalue weighted by Gasteiger charge is 2.09. The maximum Gasteiger partial charge on any atom is 0.256 e. The van der Waals surface area contributed by atoms with E-state index in [2.05, 4.69) is 10.3 Å². The minimum atomic E-state index is -0.357. The number of rotatable bonds is 5. The molecule has 0 bridgehead atoms. The topological polar surface area (TPSA) is 71.2 Å². The van der Waals surface area contributed by atoms with E-state index in [1.165, 1.54) is 12.3 Å². The fourth-order valence-electron chi connectivity index (χ4n) is 1.96. The van der Waals surface area contributed by atoms with E-state index >= 15 is 0 Å². The highest BCUT2D eigenvalue weighted by molar-refractivity contribution is 5.93. The van der Waals surface area contributed by atoms with Crippen LogP contribution in [0, 0.1) is 6.92 Å². The maximum absolute atomic E-state index is 11.9. The van der Waals surface area contributed by atoms with Crippen LogP contribution in [-0.4, -0.2) is 24.5 Å². The third-order valence-corrected chi connectivity index (χ3v) is 3.16. The molecule has 0 spiro atoms. The molecule has 21 heavy (non-hydrogen) atoms. The lowest BCUT2D eigenvalue weighted by molar-refractivity contribution is 0.0952. The van der Waals surface area contributed by atoms with Crippen LogP contribution in [0.2, 0.25) is 0 Å². The number of ether oxygens (including phenoxy) is 1. The zero-order valence-corrected chi connectivity index (χ0v) is 12.1. The van der Waals surface area contributed by atoms with E-state index in [0.29, 0.717) is 13.0 Å². The van der Waals surface area contributed by atoms with Crippen molar-refractivity contribution in [3.8, 4) is 5.75 Å². The Hall–Kier alpha value is -2.56. The number of H-pyrrole nitrogens is 1. The van der Waals surface area contributed by atoms with Gasteiger partial charge in [0.25, 0.3) is 5.91 Å². The third kappa shape index (κ3) is 3.95. The lowest BCUT2D eigenvalue weighted by Gasteiger charge is -2.06. The van der Waals surface area contributed by atoms with Gasteiger partial charge >= 0.3 is 0 Å². The molecule has 2 aromatic rings. The fourth-order valence-corrected chi connectivity index (χ4v) is 1.96. The molecule has 0 fully saturated rings. The Morgan fingerprint density at radius 1 is 1.29 bits per heavy atom. The normalized spacial score (nSPS) is 10.2. The second-order valence-corrected chi connectivity index (χ2v) is 4.75. The molecule has 5 nitrogen and oxygen atoms in total. The number of aromatic nitrogens is 1. The van der Waals surface area contributed by atoms with Crippen LogP contribution >= 0.6 is 0 Å². The summed E-state index contributed by atoms with van der Waals surface area (Å²) in [6, 6.07) is 9.06. The Labute approximate surface area is 123 Å². The SMILES string of the molecule is COc1ccc(CCNC(=O)c2c[nH]c(C)cc2=O)cc1. The predicted molar refractivity (Wildman–Crippen MR) is 80.8 cm³/mol. The average Bonchev–Trinajstić information content (AvgIpc) is 2.47. The first-order chi connectivity index (χ1) is 10.1. The molecular formula is C16H18N2O3. The van der Waals surface area contributed by atoms with Gasteiger partial charge in [-0.1, -0.05) is 12.1 Å². The number of hydrogen-bond donors (Lipinski definition) is 2. The van der Waals surface area contributed by atoms with Crippen molar-refractivity contribution < 1.29 is 9.53 Å². The average molecular weight is 286 g/mol. The van der Waals surface area contributed by atoms with Gasteiger partial charge in [-0.3, -0.25) is 9.59 Å². The quantitative estimate of drug-likeness (QED) is 0.878. The molecule has 2 N–H and O–H groups in total. The summed E-state index contributed by atoms with van der Waals surface area (Å²) in [6.07, 6.45) is 2.14. The minimum absolute atomic E-state index is 0.135. The van der Waals surface area contributed by atoms with Crippen LogP contribution < -0.4 is 15.5 Å². The Morgan fingerprint density at radius 2 is 2.00 bits per heavy atom. The van der Waals surface area contributed by atoms with E-state index in [0.717, 1.165) is 17.0 Å². The molecule has 2 rings (SSSR count). The number of nitrogens with one attached hydrogen (secondary N) is 2. The van der Waals surface area contributed by atoms with Crippen LogP contribution in [0.4, 0.5) is 0 Å². The van der Waals surface area contributed by atoms with Gasteiger partial charge in [-0.2, -0.15) is 0 Å². The number of pyridine rings is 1. The van der Waals surface area contributed by atoms with Gasteiger partial charge in [0.1, 0.15) is 11.3 Å². The van der Waals surface area contributed by atoms with E-state index in [9.17, 15) is 9.59 Å². The Bertz CT molecular complexity index is 675. The van der Waals surface area contributed by atoms with Gasteiger partial charge in [-0.25, -0.2) is 0 Å². The molecule has 0 atom stereocenters. The number of methoxy groups -OCH3 is 1. The number of aromatic amines is 1. The van der Waals surface area contributed by atoms with Crippen molar-refractivity contribution in [2.24, 2.45) is 0 Å². The molecule has 0 aliphatic heterocycles. The maximum atomic E-state index is 11.9. The van der Waals surface area contributed by atoms with Crippen LogP contribution in [-0.2, 0) is 6.42 Å². The number of amides is 1. The summed E-state index contributed by atoms with van der Waals surface area (Å²) in [5.41, 5.74) is 1.69. The van der Waals surface area contributed by atoms with Gasteiger partial charge in [0, 0.05) is 24.5 Å². The molecule has 5 heteroatoms. The van der Waals surface area contributed by atoms with Gasteiger partial charge in [0.2, 0.25) is 0 Å². The molecule has 1 aromatic carbocycles. The van der Waals surface area contributed by atoms with E-state index in [1.807, 2.05) is 24.3 Å². The van der Waals surface area contributed by atoms with Crippen LogP contribution in [0.5, 0.6) is 5.75 Å². The number of carbonyl (C=O) groups is 1. The van der Waals surface area contributed by atoms with Crippen molar-refractivity contribution in [2.75, 3.05) is 13.7 Å². The van der Waals surface area contributed by atoms with E-state index in [-0.39, 0.29) is 16.9 Å². The highest BCUT2D eigenvalue weighted by atomic mass is 16.5. The number of carbonyl (C=O) groups excluding carboxylic acids is 1. The molecule has 0 saturated heterocycles. The Kier molecular flexibility index (Phi) is 4.77. The molecule has 110 valence electrons. The first kappa shape index (κ1) is 14.8. The molecule has 1 heterocycles. The zero-order chi connectivity index (χ0) is 15.2. The van der Waals surface area contributed by atoms with Gasteiger partial charge in [-0.05, 0) is 31.0 Å². The van der Waals surface area contributed by atoms with Gasteiger partial charge in [0.05, 0.1) is 7.11 Å². The molecule has 0 unspecified atom stereocenters. The van der Waals surface area contributed by atoms with Crippen LogP contribution in [0.15, 0.2) is 41.3 Å². The summed E-state index contributed by atoms with van der Waals surface area (Å²) >= 11 is 0. The van der Waals surface area contributed by atoms with Gasteiger partial charge in [-0.15, -0.1) is 0 Å². The van der Waals surface area contributed by atoms with Crippen LogP contribution in [0.3, 0.4) is 0 Å². The largest absolute Gasteiger partial charge is 0.497 e. The molecule has 1 aromatic heterocycles. The summed E-state index contributed by atoms with van der Waals surface area (Å²) in [4.78, 5) is 26.5. The smallest absolute Gasteiger partial charge is 0.256 e. The number of aryl methyl sites for hydroxylation is 1. The Morgan fingerprint density at radius 3 is 2.62 bits per heavy atom. The zero-order valence-electron chi connectivity index (χ0n) is 12.1. The second-order valence-electron chi connectivity index (χ2n) is 4.75. The van der Waals surface area contributed by atoms with E-state index < -0.39 is 0 Å². The van der Waals surface area contributed by atoms with Crippen molar-refractivity contribution in [2.45, 2.75) is 13.3 Å². The van der Waals surface area contributed by atoms with Crippen molar-refractivity contribution in [3.63, 3.8) is 0 Å². The fraction of sp³-hybridized carbons (Fsp3) is 0.250. The van der Waals surface area contributed by atoms with Crippen molar-refractivity contribution >= 4 is 5.91 Å². The molecule has 0 saturated carbocycles. The number of benzene rings is 1. The van der Waals surface area contributed by atoms with E-state index in [4.69, 9.17) is 4.74 Å². The van der Waals surface area contributed by atoms with Crippen LogP contribution in [0.25, 0.3) is 0 Å². The molecule has 0 aliphatic rings. The highest BCUT2D eigenvalue weighted by Crippen LogP contribution is 2.11. The summed E-state index contributed by atoms with van der Waals surface area (Å²) in [5, 5.41) is 2.75. The predicted octanol–water partition coefficient (Wildman–Crippen LogP) is 1.66. The molecule has 1 amide bonds. The molecular weight excluding hydrogens is 268 g/mol. The monoisotopic (exact) mass is 286 g/mol. The van der Waals surface area contributed by atoms with Gasteiger partial charge < -0.3 is 15.0 Å². The van der Waals surface area contributed by atoms with Gasteiger partial charge in [0.15, 0.2) is 5.43 Å². The lowest BCUT2D eigenvalue weighted by atomic mass is 10.1. The van der Waals surface area contributed by atoms with Crippen LogP contribution in [0.1, 0.15) is 21.6 Å². The second kappa shape index (κ2) is 6.74. The third-order valence-electron chi connectivity index (χ3n) is 3.16. The Balaban J connectivity index is 1.90. The van der Waals surface area contributed by atoms with Crippen molar-refractivity contribution in [3.05, 3.63) is 63.6 Å². The standard InChI is InChI=1S/C16H18N2O3/c1-11-9-15(19)14(10-18-11)16(20)17-8-7-12-3-5-13(21-2)6-4-12/h3-6,9-10H,7-8H2,1-2H3,(H,17,20)(H,18,19). The number of hydrogen-bond acceptors (Lipinski definition) is 3. The summed E-state index contributed by atoms with van der Waals surface area (Å²) in [6.45, 7) is 2.24.